The predicted octanol–water partition coefficient (Wildman–Crippen LogP) is 0.604. The van der Waals surface area contributed by atoms with Gasteiger partial charge in [-0.05, 0) is 36.4 Å². The summed E-state index contributed by atoms with van der Waals surface area (Å²) >= 11 is 0. The number of anilines is 1. The molecule has 2 heterocycles. The summed E-state index contributed by atoms with van der Waals surface area (Å²) in [7, 11) is 0. The summed E-state index contributed by atoms with van der Waals surface area (Å²) in [5.41, 5.74) is 1.14. The Labute approximate surface area is 131 Å². The van der Waals surface area contributed by atoms with Gasteiger partial charge in [-0.2, -0.15) is 0 Å². The fourth-order valence-corrected chi connectivity index (χ4v) is 2.33. The highest BCUT2D eigenvalue weighted by Crippen LogP contribution is 2.27. The number of nitrogens with one attached hydrogen (secondary N) is 1. The first kappa shape index (κ1) is 14.9. The first-order valence-electron chi connectivity index (χ1n) is 6.96. The zero-order valence-corrected chi connectivity index (χ0v) is 12.0. The molecule has 1 aromatic carbocycles. The minimum absolute atomic E-state index is 0.127. The van der Waals surface area contributed by atoms with Crippen LogP contribution >= 0.6 is 0 Å². The number of imide groups is 1. The van der Waals surface area contributed by atoms with Crippen molar-refractivity contribution in [3.63, 3.8) is 0 Å². The molecule has 3 rings (SSSR count). The van der Waals surface area contributed by atoms with E-state index in [9.17, 15) is 14.4 Å². The molecular weight excluding hydrogens is 298 g/mol. The second kappa shape index (κ2) is 5.98. The summed E-state index contributed by atoms with van der Waals surface area (Å²) in [6.07, 6.45) is 1.46. The first-order chi connectivity index (χ1) is 11.1. The highest BCUT2D eigenvalue weighted by Gasteiger charge is 2.37. The Kier molecular flexibility index (Phi) is 3.86. The van der Waals surface area contributed by atoms with E-state index in [1.54, 1.807) is 12.1 Å². The molecule has 0 saturated carbocycles. The maximum Gasteiger partial charge on any atom is 0.284 e. The van der Waals surface area contributed by atoms with Crippen LogP contribution in [0, 0.1) is 0 Å². The summed E-state index contributed by atoms with van der Waals surface area (Å²) in [5.74, 6) is -1.26. The van der Waals surface area contributed by atoms with Gasteiger partial charge in [-0.3, -0.25) is 19.4 Å². The van der Waals surface area contributed by atoms with Crippen LogP contribution in [0.25, 0.3) is 0 Å². The molecular formula is C16H13N3O4. The molecule has 2 N–H and O–H groups in total. The van der Waals surface area contributed by atoms with Gasteiger partial charge in [-0.15, -0.1) is 0 Å². The van der Waals surface area contributed by atoms with Crippen LogP contribution < -0.4 is 10.2 Å². The van der Waals surface area contributed by atoms with Gasteiger partial charge in [0.25, 0.3) is 17.7 Å². The minimum Gasteiger partial charge on any atom is -0.395 e. The van der Waals surface area contributed by atoms with Gasteiger partial charge in [-0.25, -0.2) is 4.90 Å². The van der Waals surface area contributed by atoms with E-state index in [4.69, 9.17) is 5.11 Å². The van der Waals surface area contributed by atoms with Crippen molar-refractivity contribution in [2.24, 2.45) is 0 Å². The van der Waals surface area contributed by atoms with Crippen molar-refractivity contribution >= 4 is 23.4 Å². The third kappa shape index (κ3) is 2.58. The zero-order valence-electron chi connectivity index (χ0n) is 12.0. The van der Waals surface area contributed by atoms with E-state index in [1.807, 2.05) is 0 Å². The van der Waals surface area contributed by atoms with Crippen LogP contribution in [-0.2, 0) is 0 Å². The van der Waals surface area contributed by atoms with Gasteiger partial charge in [0.15, 0.2) is 0 Å². The topological polar surface area (TPSA) is 99.6 Å². The molecule has 0 aliphatic carbocycles. The van der Waals surface area contributed by atoms with Crippen LogP contribution in [0.2, 0.25) is 0 Å². The number of nitrogens with zero attached hydrogens (tertiary/aromatic N) is 2. The third-order valence-corrected chi connectivity index (χ3v) is 3.43. The van der Waals surface area contributed by atoms with Crippen molar-refractivity contribution in [3.8, 4) is 0 Å². The molecule has 0 fully saturated rings. The molecule has 2 aromatic rings. The number of aromatic nitrogens is 1. The molecule has 0 bridgehead atoms. The fraction of sp³-hybridized carbons (Fsp3) is 0.125. The SMILES string of the molecule is O=C(NCCO)c1ccc(N2C(=O)c3cccnc3C2=O)cc1. The summed E-state index contributed by atoms with van der Waals surface area (Å²) in [4.78, 5) is 41.4. The molecule has 0 radical (unpaired) electrons. The van der Waals surface area contributed by atoms with Gasteiger partial charge >= 0.3 is 0 Å². The van der Waals surface area contributed by atoms with E-state index in [1.165, 1.54) is 30.5 Å². The summed E-state index contributed by atoms with van der Waals surface area (Å²) < 4.78 is 0. The lowest BCUT2D eigenvalue weighted by molar-refractivity contribution is 0.0921. The molecule has 0 unspecified atom stereocenters. The number of aliphatic hydroxyl groups excluding tert-OH is 1. The van der Waals surface area contributed by atoms with Crippen LogP contribution in [0.1, 0.15) is 31.2 Å². The lowest BCUT2D eigenvalue weighted by Crippen LogP contribution is -2.30. The van der Waals surface area contributed by atoms with Crippen molar-refractivity contribution in [1.29, 1.82) is 0 Å². The standard InChI is InChI=1S/C16H13N3O4/c20-9-8-18-14(21)10-3-5-11(6-4-10)19-15(22)12-2-1-7-17-13(12)16(19)23/h1-7,20H,8-9H2,(H,18,21). The average Bonchev–Trinajstić information content (AvgIpc) is 2.84. The molecule has 3 amide bonds. The fourth-order valence-electron chi connectivity index (χ4n) is 2.33. The number of pyridine rings is 1. The van der Waals surface area contributed by atoms with Gasteiger partial charge in [-0.1, -0.05) is 0 Å². The lowest BCUT2D eigenvalue weighted by Gasteiger charge is -2.14. The minimum atomic E-state index is -0.483. The Morgan fingerprint density at radius 3 is 2.52 bits per heavy atom. The zero-order chi connectivity index (χ0) is 16.4. The smallest absolute Gasteiger partial charge is 0.284 e. The Hall–Kier alpha value is -3.06. The van der Waals surface area contributed by atoms with Crippen molar-refractivity contribution < 1.29 is 19.5 Å². The van der Waals surface area contributed by atoms with Gasteiger partial charge in [0.2, 0.25) is 0 Å². The van der Waals surface area contributed by atoms with Crippen LogP contribution in [-0.4, -0.2) is 41.0 Å². The van der Waals surface area contributed by atoms with Crippen molar-refractivity contribution in [2.45, 2.75) is 0 Å². The van der Waals surface area contributed by atoms with Gasteiger partial charge in [0, 0.05) is 18.3 Å². The predicted molar refractivity (Wildman–Crippen MR) is 81.2 cm³/mol. The van der Waals surface area contributed by atoms with Gasteiger partial charge < -0.3 is 10.4 Å². The number of rotatable bonds is 4. The second-order valence-corrected chi connectivity index (χ2v) is 4.87. The van der Waals surface area contributed by atoms with E-state index in [0.717, 1.165) is 4.90 Å². The Balaban J connectivity index is 1.85. The van der Waals surface area contributed by atoms with Crippen LogP contribution in [0.4, 0.5) is 5.69 Å². The van der Waals surface area contributed by atoms with E-state index >= 15 is 0 Å². The van der Waals surface area contributed by atoms with E-state index in [-0.39, 0.29) is 30.3 Å². The Bertz CT molecular complexity index is 751. The van der Waals surface area contributed by atoms with Crippen molar-refractivity contribution in [1.82, 2.24) is 10.3 Å². The molecule has 1 aliphatic heterocycles. The number of fused-ring (bicyclic) bond motifs is 1. The van der Waals surface area contributed by atoms with Crippen molar-refractivity contribution in [3.05, 3.63) is 59.4 Å². The number of aliphatic hydroxyl groups is 1. The molecule has 23 heavy (non-hydrogen) atoms. The number of benzene rings is 1. The third-order valence-electron chi connectivity index (χ3n) is 3.43. The monoisotopic (exact) mass is 311 g/mol. The highest BCUT2D eigenvalue weighted by atomic mass is 16.3. The average molecular weight is 311 g/mol. The van der Waals surface area contributed by atoms with Crippen LogP contribution in [0.5, 0.6) is 0 Å². The number of amides is 3. The molecule has 0 spiro atoms. The van der Waals surface area contributed by atoms with E-state index in [2.05, 4.69) is 10.3 Å². The molecule has 7 heteroatoms. The summed E-state index contributed by atoms with van der Waals surface area (Å²) in [5, 5.41) is 11.2. The van der Waals surface area contributed by atoms with E-state index in [0.29, 0.717) is 11.3 Å². The number of carbonyl (C=O) groups is 3. The Morgan fingerprint density at radius 1 is 1.13 bits per heavy atom. The number of hydrogen-bond acceptors (Lipinski definition) is 5. The summed E-state index contributed by atoms with van der Waals surface area (Å²) in [6, 6.07) is 9.23. The van der Waals surface area contributed by atoms with E-state index < -0.39 is 11.8 Å². The number of hydrogen-bond donors (Lipinski definition) is 2. The molecule has 7 nitrogen and oxygen atoms in total. The lowest BCUT2D eigenvalue weighted by atomic mass is 10.2. The molecule has 0 saturated heterocycles. The quantitative estimate of drug-likeness (QED) is 0.806. The van der Waals surface area contributed by atoms with Crippen LogP contribution in [0.15, 0.2) is 42.6 Å². The second-order valence-electron chi connectivity index (χ2n) is 4.87. The first-order valence-corrected chi connectivity index (χ1v) is 6.96. The summed E-state index contributed by atoms with van der Waals surface area (Å²) in [6.45, 7) is 0.0104. The maximum atomic E-state index is 12.3. The van der Waals surface area contributed by atoms with Gasteiger partial charge in [0.05, 0.1) is 17.9 Å². The molecule has 0 atom stereocenters. The molecule has 1 aliphatic rings. The normalized spacial score (nSPS) is 13.2. The Morgan fingerprint density at radius 2 is 1.87 bits per heavy atom. The largest absolute Gasteiger partial charge is 0.395 e. The van der Waals surface area contributed by atoms with Crippen molar-refractivity contribution in [2.75, 3.05) is 18.1 Å². The van der Waals surface area contributed by atoms with Crippen LogP contribution in [0.3, 0.4) is 0 Å². The maximum absolute atomic E-state index is 12.3. The molecule has 1 aromatic heterocycles. The highest BCUT2D eigenvalue weighted by molar-refractivity contribution is 6.33. The molecule has 116 valence electrons. The van der Waals surface area contributed by atoms with Gasteiger partial charge in [0.1, 0.15) is 5.69 Å². The number of carbonyl (C=O) groups excluding carboxylic acids is 3.